The van der Waals surface area contributed by atoms with Crippen LogP contribution in [-0.2, 0) is 9.53 Å². The Bertz CT molecular complexity index is 357. The van der Waals surface area contributed by atoms with Crippen LogP contribution >= 0.6 is 0 Å². The lowest BCUT2D eigenvalue weighted by molar-refractivity contribution is -0.136. The van der Waals surface area contributed by atoms with E-state index < -0.39 is 0 Å². The molecule has 0 unspecified atom stereocenters. The summed E-state index contributed by atoms with van der Waals surface area (Å²) in [6.45, 7) is 6.21. The summed E-state index contributed by atoms with van der Waals surface area (Å²) in [5.41, 5.74) is 1.97. The van der Waals surface area contributed by atoms with Gasteiger partial charge < -0.3 is 4.74 Å². The van der Waals surface area contributed by atoms with E-state index in [9.17, 15) is 4.79 Å². The Morgan fingerprint density at radius 1 is 0.615 bits per heavy atom. The van der Waals surface area contributed by atoms with Gasteiger partial charge in [-0.25, -0.2) is 4.79 Å². The van der Waals surface area contributed by atoms with Crippen molar-refractivity contribution < 1.29 is 9.53 Å². The maximum Gasteiger partial charge on any atom is 0.333 e. The van der Waals surface area contributed by atoms with Crippen LogP contribution in [0.2, 0.25) is 0 Å². The molecule has 0 atom stereocenters. The van der Waals surface area contributed by atoms with Crippen molar-refractivity contribution in [1.82, 2.24) is 0 Å². The van der Waals surface area contributed by atoms with Gasteiger partial charge in [0.1, 0.15) is 0 Å². The molecule has 2 nitrogen and oxygen atoms in total. The molecule has 0 saturated carbocycles. The van der Waals surface area contributed by atoms with Crippen molar-refractivity contribution in [2.45, 2.75) is 130 Å². The number of methoxy groups -OCH3 is 1. The number of esters is 1. The van der Waals surface area contributed by atoms with Crippen LogP contribution in [0.15, 0.2) is 11.1 Å². The lowest BCUT2D eigenvalue weighted by Crippen LogP contribution is -2.03. The van der Waals surface area contributed by atoms with Gasteiger partial charge in [-0.15, -0.1) is 0 Å². The largest absolute Gasteiger partial charge is 0.466 e. The van der Waals surface area contributed by atoms with Crippen molar-refractivity contribution in [1.29, 1.82) is 0 Å². The van der Waals surface area contributed by atoms with Crippen LogP contribution in [0.4, 0.5) is 0 Å². The molecule has 0 aromatic rings. The third kappa shape index (κ3) is 15.5. The highest BCUT2D eigenvalue weighted by molar-refractivity contribution is 5.88. The second kappa shape index (κ2) is 19.0. The van der Waals surface area contributed by atoms with Gasteiger partial charge in [0.15, 0.2) is 0 Å². The van der Waals surface area contributed by atoms with Crippen LogP contribution in [0, 0.1) is 0 Å². The van der Waals surface area contributed by atoms with Crippen LogP contribution in [0.25, 0.3) is 0 Å². The predicted octanol–water partition coefficient (Wildman–Crippen LogP) is 8.15. The number of carbonyl (C=O) groups is 1. The van der Waals surface area contributed by atoms with E-state index in [-0.39, 0.29) is 5.97 Å². The molecule has 0 aliphatic heterocycles. The standard InChI is InChI=1S/C24H46O2/c1-5-6-7-8-9-10-11-12-13-14-15-16-17-18-19-20-21-22(2)23(3)24(25)26-4/h5-21H2,1-4H3. The zero-order chi connectivity index (χ0) is 19.5. The molecule has 0 spiro atoms. The number of hydrogen-bond donors (Lipinski definition) is 0. The average Bonchev–Trinajstić information content (AvgIpc) is 2.66. The average molecular weight is 367 g/mol. The van der Waals surface area contributed by atoms with Crippen LogP contribution in [0.3, 0.4) is 0 Å². The lowest BCUT2D eigenvalue weighted by Gasteiger charge is -2.06. The molecule has 0 aliphatic carbocycles. The third-order valence-electron chi connectivity index (χ3n) is 5.54. The monoisotopic (exact) mass is 366 g/mol. The van der Waals surface area contributed by atoms with E-state index in [0.29, 0.717) is 0 Å². The molecule has 0 saturated heterocycles. The summed E-state index contributed by atoms with van der Waals surface area (Å²) in [4.78, 5) is 11.4. The molecule has 0 N–H and O–H groups in total. The first-order valence-electron chi connectivity index (χ1n) is 11.4. The Balaban J connectivity index is 3.28. The summed E-state index contributed by atoms with van der Waals surface area (Å²) >= 11 is 0. The molecule has 0 aliphatic rings. The highest BCUT2D eigenvalue weighted by Gasteiger charge is 2.06. The Hall–Kier alpha value is -0.790. The van der Waals surface area contributed by atoms with E-state index in [1.807, 2.05) is 6.92 Å². The second-order valence-corrected chi connectivity index (χ2v) is 7.95. The minimum atomic E-state index is -0.181. The summed E-state index contributed by atoms with van der Waals surface area (Å²) in [7, 11) is 1.45. The Labute approximate surface area is 164 Å². The van der Waals surface area contributed by atoms with Gasteiger partial charge in [0, 0.05) is 5.57 Å². The van der Waals surface area contributed by atoms with Crippen molar-refractivity contribution in [2.75, 3.05) is 7.11 Å². The first kappa shape index (κ1) is 25.2. The van der Waals surface area contributed by atoms with E-state index >= 15 is 0 Å². The number of hydrogen-bond acceptors (Lipinski definition) is 2. The molecule has 0 bridgehead atoms. The van der Waals surface area contributed by atoms with E-state index in [1.165, 1.54) is 115 Å². The highest BCUT2D eigenvalue weighted by Crippen LogP contribution is 2.16. The van der Waals surface area contributed by atoms with Gasteiger partial charge in [-0.3, -0.25) is 0 Å². The lowest BCUT2D eigenvalue weighted by atomic mass is 10.0. The SMILES string of the molecule is CCCCCCCCCCCCCCCCCCC(C)=C(C)C(=O)OC. The predicted molar refractivity (Wildman–Crippen MR) is 115 cm³/mol. The van der Waals surface area contributed by atoms with Gasteiger partial charge in [-0.1, -0.05) is 109 Å². The fraction of sp³-hybridized carbons (Fsp3) is 0.875. The molecule has 0 heterocycles. The zero-order valence-corrected chi connectivity index (χ0v) is 18.3. The molecule has 0 aromatic heterocycles. The summed E-state index contributed by atoms with van der Waals surface area (Å²) in [5, 5.41) is 0. The van der Waals surface area contributed by atoms with Gasteiger partial charge in [0.2, 0.25) is 0 Å². The van der Waals surface area contributed by atoms with E-state index in [4.69, 9.17) is 4.74 Å². The molecule has 0 aromatic carbocycles. The fourth-order valence-corrected chi connectivity index (χ4v) is 3.45. The summed E-state index contributed by atoms with van der Waals surface area (Å²) in [6, 6.07) is 0. The summed E-state index contributed by atoms with van der Waals surface area (Å²) in [5.74, 6) is -0.181. The number of ether oxygens (including phenoxy) is 1. The molecule has 26 heavy (non-hydrogen) atoms. The molecule has 0 fully saturated rings. The highest BCUT2D eigenvalue weighted by atomic mass is 16.5. The number of allylic oxidation sites excluding steroid dienone is 1. The number of rotatable bonds is 18. The Morgan fingerprint density at radius 2 is 0.962 bits per heavy atom. The molecular weight excluding hydrogens is 320 g/mol. The third-order valence-corrected chi connectivity index (χ3v) is 5.54. The van der Waals surface area contributed by atoms with Crippen LogP contribution in [-0.4, -0.2) is 13.1 Å². The van der Waals surface area contributed by atoms with E-state index in [0.717, 1.165) is 12.0 Å². The van der Waals surface area contributed by atoms with Crippen molar-refractivity contribution in [2.24, 2.45) is 0 Å². The van der Waals surface area contributed by atoms with Crippen molar-refractivity contribution in [3.63, 3.8) is 0 Å². The van der Waals surface area contributed by atoms with Crippen LogP contribution < -0.4 is 0 Å². The zero-order valence-electron chi connectivity index (χ0n) is 18.3. The van der Waals surface area contributed by atoms with Crippen LogP contribution in [0.5, 0.6) is 0 Å². The molecule has 0 rings (SSSR count). The Kier molecular flexibility index (Phi) is 18.4. The van der Waals surface area contributed by atoms with Gasteiger partial charge >= 0.3 is 5.97 Å². The van der Waals surface area contributed by atoms with Gasteiger partial charge in [0.05, 0.1) is 7.11 Å². The summed E-state index contributed by atoms with van der Waals surface area (Å²) < 4.78 is 4.77. The topological polar surface area (TPSA) is 26.3 Å². The van der Waals surface area contributed by atoms with Crippen LogP contribution in [0.1, 0.15) is 130 Å². The number of carbonyl (C=O) groups excluding carboxylic acids is 1. The van der Waals surface area contributed by atoms with Gasteiger partial charge in [-0.2, -0.15) is 0 Å². The molecule has 0 radical (unpaired) electrons. The Morgan fingerprint density at radius 3 is 1.31 bits per heavy atom. The minimum absolute atomic E-state index is 0.181. The van der Waals surface area contributed by atoms with E-state index in [1.54, 1.807) is 0 Å². The first-order valence-corrected chi connectivity index (χ1v) is 11.4. The van der Waals surface area contributed by atoms with Gasteiger partial charge in [0.25, 0.3) is 0 Å². The molecule has 2 heteroatoms. The molecule has 0 amide bonds. The fourth-order valence-electron chi connectivity index (χ4n) is 3.45. The molecular formula is C24H46O2. The second-order valence-electron chi connectivity index (χ2n) is 7.95. The van der Waals surface area contributed by atoms with E-state index in [2.05, 4.69) is 13.8 Å². The smallest absolute Gasteiger partial charge is 0.333 e. The van der Waals surface area contributed by atoms with Crippen molar-refractivity contribution in [3.05, 3.63) is 11.1 Å². The van der Waals surface area contributed by atoms with Crippen molar-refractivity contribution in [3.8, 4) is 0 Å². The van der Waals surface area contributed by atoms with Gasteiger partial charge in [-0.05, 0) is 26.7 Å². The number of unbranched alkanes of at least 4 members (excludes halogenated alkanes) is 15. The van der Waals surface area contributed by atoms with Crippen molar-refractivity contribution >= 4 is 5.97 Å². The maximum atomic E-state index is 11.4. The normalized spacial score (nSPS) is 12.2. The molecule has 154 valence electrons. The summed E-state index contributed by atoms with van der Waals surface area (Å²) in [6.07, 6.45) is 23.3. The first-order chi connectivity index (χ1) is 12.6. The minimum Gasteiger partial charge on any atom is -0.466 e. The maximum absolute atomic E-state index is 11.4. The quantitative estimate of drug-likeness (QED) is 0.139.